The third-order valence-electron chi connectivity index (χ3n) is 3.30. The lowest BCUT2D eigenvalue weighted by Gasteiger charge is -2.10. The second-order valence-electron chi connectivity index (χ2n) is 5.09. The Labute approximate surface area is 125 Å². The van der Waals surface area contributed by atoms with Crippen LogP contribution in [-0.2, 0) is 14.6 Å². The third kappa shape index (κ3) is 5.37. The summed E-state index contributed by atoms with van der Waals surface area (Å²) in [7, 11) is -3.09. The normalized spacial score (nSPS) is 18.3. The molecule has 1 atom stereocenters. The Balaban J connectivity index is 1.72. The second kappa shape index (κ2) is 7.43. The van der Waals surface area contributed by atoms with Crippen molar-refractivity contribution in [2.24, 2.45) is 0 Å². The minimum atomic E-state index is -3.09. The topological polar surface area (TPSA) is 76.4 Å². The minimum absolute atomic E-state index is 0.102. The summed E-state index contributed by atoms with van der Waals surface area (Å²) in [6.07, 6.45) is 2.07. The number of ether oxygens (including phenoxy) is 2. The quantitative estimate of drug-likeness (QED) is 0.719. The Bertz CT molecular complexity index is 600. The first-order valence-corrected chi connectivity index (χ1v) is 8.86. The highest BCUT2D eigenvalue weighted by molar-refractivity contribution is 7.91. The fraction of sp³-hybridized carbons (Fsp3) is 0.533. The Morgan fingerprint density at radius 2 is 2.29 bits per heavy atom. The van der Waals surface area contributed by atoms with Gasteiger partial charge in [-0.15, -0.1) is 0 Å². The van der Waals surface area contributed by atoms with Crippen molar-refractivity contribution in [1.82, 2.24) is 0 Å². The maximum Gasteiger partial charge on any atom is 0.152 e. The lowest BCUT2D eigenvalue weighted by Crippen LogP contribution is -2.23. The van der Waals surface area contributed by atoms with Crippen molar-refractivity contribution < 1.29 is 17.9 Å². The molecule has 1 fully saturated rings. The van der Waals surface area contributed by atoms with Crippen molar-refractivity contribution in [2.45, 2.75) is 25.4 Å². The van der Waals surface area contributed by atoms with Gasteiger partial charge >= 0.3 is 0 Å². The standard InChI is InChI=1S/C15H19NO4S/c16-11-13-4-1-5-14(10-13)19-8-3-9-21(17,18)12-15-6-2-7-20-15/h1,4-5,10,15H,2-3,6-9,12H2. The summed E-state index contributed by atoms with van der Waals surface area (Å²) in [4.78, 5) is 0. The zero-order valence-electron chi connectivity index (χ0n) is 11.8. The van der Waals surface area contributed by atoms with Crippen molar-refractivity contribution >= 4 is 9.84 Å². The summed E-state index contributed by atoms with van der Waals surface area (Å²) >= 11 is 0. The zero-order chi connectivity index (χ0) is 15.1. The fourth-order valence-electron chi connectivity index (χ4n) is 2.27. The van der Waals surface area contributed by atoms with Gasteiger partial charge in [0.2, 0.25) is 0 Å². The number of nitriles is 1. The predicted molar refractivity (Wildman–Crippen MR) is 78.9 cm³/mol. The molecule has 0 bridgehead atoms. The number of sulfone groups is 1. The van der Waals surface area contributed by atoms with E-state index >= 15 is 0 Å². The molecule has 0 aromatic heterocycles. The van der Waals surface area contributed by atoms with E-state index in [9.17, 15) is 8.42 Å². The molecule has 21 heavy (non-hydrogen) atoms. The van der Waals surface area contributed by atoms with E-state index in [4.69, 9.17) is 14.7 Å². The van der Waals surface area contributed by atoms with Gasteiger partial charge in [0.1, 0.15) is 5.75 Å². The highest BCUT2D eigenvalue weighted by Crippen LogP contribution is 2.15. The first-order valence-electron chi connectivity index (χ1n) is 7.04. The average molecular weight is 309 g/mol. The molecule has 1 aromatic rings. The molecule has 6 heteroatoms. The largest absolute Gasteiger partial charge is 0.494 e. The van der Waals surface area contributed by atoms with Crippen LogP contribution in [0.15, 0.2) is 24.3 Å². The molecule has 1 aromatic carbocycles. The monoisotopic (exact) mass is 309 g/mol. The van der Waals surface area contributed by atoms with Crippen molar-refractivity contribution in [1.29, 1.82) is 5.26 Å². The van der Waals surface area contributed by atoms with Crippen LogP contribution in [0.5, 0.6) is 5.75 Å². The lowest BCUT2D eigenvalue weighted by atomic mass is 10.2. The Morgan fingerprint density at radius 3 is 3.00 bits per heavy atom. The summed E-state index contributed by atoms with van der Waals surface area (Å²) < 4.78 is 34.7. The molecule has 1 aliphatic rings. The highest BCUT2D eigenvalue weighted by Gasteiger charge is 2.22. The van der Waals surface area contributed by atoms with Gasteiger partial charge in [0.15, 0.2) is 9.84 Å². The molecular formula is C15H19NO4S. The molecule has 5 nitrogen and oxygen atoms in total. The van der Waals surface area contributed by atoms with E-state index in [2.05, 4.69) is 0 Å². The average Bonchev–Trinajstić information content (AvgIpc) is 2.96. The van der Waals surface area contributed by atoms with E-state index in [1.54, 1.807) is 24.3 Å². The molecule has 1 heterocycles. The molecule has 0 amide bonds. The molecule has 1 saturated heterocycles. The van der Waals surface area contributed by atoms with Crippen LogP contribution in [0.4, 0.5) is 0 Å². The summed E-state index contributed by atoms with van der Waals surface area (Å²) in [6, 6.07) is 8.86. The third-order valence-corrected chi connectivity index (χ3v) is 5.09. The number of hydrogen-bond acceptors (Lipinski definition) is 5. The van der Waals surface area contributed by atoms with Crippen molar-refractivity contribution in [3.63, 3.8) is 0 Å². The molecule has 1 aliphatic heterocycles. The van der Waals surface area contributed by atoms with E-state index in [0.29, 0.717) is 30.9 Å². The van der Waals surface area contributed by atoms with Gasteiger partial charge in [0.25, 0.3) is 0 Å². The molecule has 1 unspecified atom stereocenters. The maximum atomic E-state index is 11.9. The molecule has 0 N–H and O–H groups in total. The van der Waals surface area contributed by atoms with Crippen molar-refractivity contribution in [3.8, 4) is 11.8 Å². The van der Waals surface area contributed by atoms with Gasteiger partial charge in [-0.25, -0.2) is 8.42 Å². The van der Waals surface area contributed by atoms with Gasteiger partial charge in [-0.3, -0.25) is 0 Å². The van der Waals surface area contributed by atoms with Crippen LogP contribution in [0, 0.1) is 11.3 Å². The highest BCUT2D eigenvalue weighted by atomic mass is 32.2. The number of benzene rings is 1. The van der Waals surface area contributed by atoms with Gasteiger partial charge in [-0.2, -0.15) is 5.26 Å². The fourth-order valence-corrected chi connectivity index (χ4v) is 3.82. The van der Waals surface area contributed by atoms with Crippen LogP contribution in [0.2, 0.25) is 0 Å². The number of rotatable bonds is 7. The van der Waals surface area contributed by atoms with Crippen LogP contribution in [0.25, 0.3) is 0 Å². The molecule has 0 spiro atoms. The lowest BCUT2D eigenvalue weighted by molar-refractivity contribution is 0.127. The van der Waals surface area contributed by atoms with Gasteiger partial charge in [-0.1, -0.05) is 6.07 Å². The van der Waals surface area contributed by atoms with E-state index in [1.807, 2.05) is 6.07 Å². The Hall–Kier alpha value is -1.58. The predicted octanol–water partition coefficient (Wildman–Crippen LogP) is 1.92. The molecule has 0 radical (unpaired) electrons. The van der Waals surface area contributed by atoms with Crippen LogP contribution in [0.1, 0.15) is 24.8 Å². The zero-order valence-corrected chi connectivity index (χ0v) is 12.6. The summed E-state index contributed by atoms with van der Waals surface area (Å²) in [6.45, 7) is 0.984. The van der Waals surface area contributed by atoms with Gasteiger partial charge in [0.05, 0.1) is 35.8 Å². The number of nitrogens with zero attached hydrogens (tertiary/aromatic N) is 1. The number of hydrogen-bond donors (Lipinski definition) is 0. The second-order valence-corrected chi connectivity index (χ2v) is 7.32. The maximum absolute atomic E-state index is 11.9. The molecule has 2 rings (SSSR count). The Morgan fingerprint density at radius 1 is 1.43 bits per heavy atom. The van der Waals surface area contributed by atoms with E-state index < -0.39 is 9.84 Å². The first-order chi connectivity index (χ1) is 10.1. The van der Waals surface area contributed by atoms with Crippen LogP contribution in [-0.4, -0.2) is 39.2 Å². The summed E-state index contributed by atoms with van der Waals surface area (Å²) in [5, 5.41) is 8.78. The van der Waals surface area contributed by atoms with Crippen LogP contribution < -0.4 is 4.74 Å². The molecule has 0 aliphatic carbocycles. The smallest absolute Gasteiger partial charge is 0.152 e. The SMILES string of the molecule is N#Cc1cccc(OCCCS(=O)(=O)CC2CCCO2)c1. The molecule has 114 valence electrons. The van der Waals surface area contributed by atoms with E-state index in [-0.39, 0.29) is 17.6 Å². The molecular weight excluding hydrogens is 290 g/mol. The van der Waals surface area contributed by atoms with E-state index in [1.165, 1.54) is 0 Å². The van der Waals surface area contributed by atoms with Crippen molar-refractivity contribution in [3.05, 3.63) is 29.8 Å². The van der Waals surface area contributed by atoms with Gasteiger partial charge in [-0.05, 0) is 37.5 Å². The summed E-state index contributed by atoms with van der Waals surface area (Å²) in [5.41, 5.74) is 0.526. The van der Waals surface area contributed by atoms with E-state index in [0.717, 1.165) is 12.8 Å². The Kier molecular flexibility index (Phi) is 5.59. The van der Waals surface area contributed by atoms with Gasteiger partial charge < -0.3 is 9.47 Å². The van der Waals surface area contributed by atoms with Gasteiger partial charge in [0, 0.05) is 6.61 Å². The van der Waals surface area contributed by atoms with Crippen LogP contribution >= 0.6 is 0 Å². The molecule has 0 saturated carbocycles. The summed E-state index contributed by atoms with van der Waals surface area (Å²) in [5.74, 6) is 0.799. The van der Waals surface area contributed by atoms with Crippen LogP contribution in [0.3, 0.4) is 0 Å². The van der Waals surface area contributed by atoms with Crippen molar-refractivity contribution in [2.75, 3.05) is 24.7 Å². The minimum Gasteiger partial charge on any atom is -0.494 e. The first kappa shape index (κ1) is 15.8.